The quantitative estimate of drug-likeness (QED) is 0.354. The first-order chi connectivity index (χ1) is 16.1. The Labute approximate surface area is 212 Å². The average molecular weight is 509 g/mol. The van der Waals surface area contributed by atoms with Crippen LogP contribution in [0, 0.1) is 11.3 Å². The van der Waals surface area contributed by atoms with E-state index in [0.29, 0.717) is 37.6 Å². The van der Waals surface area contributed by atoms with Crippen molar-refractivity contribution in [1.82, 2.24) is 9.80 Å². The van der Waals surface area contributed by atoms with Gasteiger partial charge in [-0.3, -0.25) is 9.59 Å². The maximum absolute atomic E-state index is 13.5. The molecule has 34 heavy (non-hydrogen) atoms. The van der Waals surface area contributed by atoms with E-state index in [9.17, 15) is 9.59 Å². The van der Waals surface area contributed by atoms with Crippen molar-refractivity contribution in [2.24, 2.45) is 11.3 Å². The van der Waals surface area contributed by atoms with Gasteiger partial charge in [0, 0.05) is 23.8 Å². The second-order valence-electron chi connectivity index (χ2n) is 9.43. The van der Waals surface area contributed by atoms with Gasteiger partial charge in [-0.15, -0.1) is 22.9 Å². The van der Waals surface area contributed by atoms with Gasteiger partial charge >= 0.3 is 0 Å². The fourth-order valence-corrected chi connectivity index (χ4v) is 4.43. The van der Waals surface area contributed by atoms with Crippen LogP contribution in [-0.4, -0.2) is 61.3 Å². The zero-order valence-corrected chi connectivity index (χ0v) is 22.7. The maximum Gasteiger partial charge on any atom is 0.242 e. The largest absolute Gasteiger partial charge is 0.493 e. The molecule has 0 aliphatic carbocycles. The van der Waals surface area contributed by atoms with Gasteiger partial charge < -0.3 is 19.3 Å². The molecule has 8 heteroatoms. The van der Waals surface area contributed by atoms with Crippen molar-refractivity contribution in [2.45, 2.75) is 40.7 Å². The van der Waals surface area contributed by atoms with E-state index >= 15 is 0 Å². The molecule has 188 valence electrons. The van der Waals surface area contributed by atoms with Crippen molar-refractivity contribution < 1.29 is 19.1 Å². The molecule has 0 saturated carbocycles. The number of thiophene rings is 1. The summed E-state index contributed by atoms with van der Waals surface area (Å²) in [5.74, 6) is 1.59. The molecule has 0 bridgehead atoms. The number of hydrogen-bond acceptors (Lipinski definition) is 5. The Morgan fingerprint density at radius 3 is 2.35 bits per heavy atom. The molecule has 2 rings (SSSR count). The Morgan fingerprint density at radius 2 is 1.79 bits per heavy atom. The Kier molecular flexibility index (Phi) is 10.7. The summed E-state index contributed by atoms with van der Waals surface area (Å²) in [4.78, 5) is 31.2. The molecule has 2 amide bonds. The molecule has 1 heterocycles. The van der Waals surface area contributed by atoms with Crippen molar-refractivity contribution in [3.63, 3.8) is 0 Å². The molecule has 0 aliphatic rings. The molecule has 0 unspecified atom stereocenters. The van der Waals surface area contributed by atoms with Crippen molar-refractivity contribution in [1.29, 1.82) is 0 Å². The predicted octanol–water partition coefficient (Wildman–Crippen LogP) is 5.09. The number of amides is 2. The smallest absolute Gasteiger partial charge is 0.242 e. The average Bonchev–Trinajstić information content (AvgIpc) is 3.33. The fourth-order valence-electron chi connectivity index (χ4n) is 3.59. The van der Waals surface area contributed by atoms with Gasteiger partial charge in [0.05, 0.1) is 32.7 Å². The molecule has 0 radical (unpaired) electrons. The summed E-state index contributed by atoms with van der Waals surface area (Å²) >= 11 is 7.68. The number of benzene rings is 1. The fraction of sp³-hybridized carbons (Fsp3) is 0.538. The number of methoxy groups -OCH3 is 2. The number of rotatable bonds is 13. The van der Waals surface area contributed by atoms with E-state index in [0.717, 1.165) is 10.4 Å². The first kappa shape index (κ1) is 28.0. The lowest BCUT2D eigenvalue weighted by atomic mass is 9.94. The van der Waals surface area contributed by atoms with Gasteiger partial charge in [-0.2, -0.15) is 0 Å². The monoisotopic (exact) mass is 508 g/mol. The highest BCUT2D eigenvalue weighted by molar-refractivity contribution is 7.09. The Hall–Kier alpha value is -2.25. The maximum atomic E-state index is 13.5. The lowest BCUT2D eigenvalue weighted by molar-refractivity contribution is -0.146. The van der Waals surface area contributed by atoms with Gasteiger partial charge in [-0.1, -0.05) is 26.0 Å². The third-order valence-corrected chi connectivity index (χ3v) is 7.04. The molecule has 2 aromatic rings. The number of alkyl halides is 1. The van der Waals surface area contributed by atoms with E-state index in [1.54, 1.807) is 30.5 Å². The van der Waals surface area contributed by atoms with Gasteiger partial charge in [0.1, 0.15) is 0 Å². The molecule has 0 N–H and O–H groups in total. The summed E-state index contributed by atoms with van der Waals surface area (Å²) in [6.07, 6.45) is 0.656. The molecule has 0 aliphatic heterocycles. The van der Waals surface area contributed by atoms with Gasteiger partial charge in [-0.25, -0.2) is 0 Å². The summed E-state index contributed by atoms with van der Waals surface area (Å²) < 4.78 is 10.7. The predicted molar refractivity (Wildman–Crippen MR) is 139 cm³/mol. The van der Waals surface area contributed by atoms with Crippen LogP contribution in [-0.2, 0) is 22.6 Å². The standard InChI is InChI=1S/C26H37ClN2O4S/c1-19(2)15-29(25(31)26(3,4)18-27)17-24(30)28(16-21-8-7-13-34-21)12-11-20-9-10-22(32-5)23(14-20)33-6/h7-10,13-14,19H,11-12,15-18H2,1-6H3. The van der Waals surface area contributed by atoms with Crippen LogP contribution in [0.3, 0.4) is 0 Å². The normalized spacial score (nSPS) is 11.4. The van der Waals surface area contributed by atoms with Crippen molar-refractivity contribution in [2.75, 3.05) is 39.7 Å². The van der Waals surface area contributed by atoms with Gasteiger partial charge in [0.25, 0.3) is 0 Å². The number of halogens is 1. The minimum absolute atomic E-state index is 0.0364. The van der Waals surface area contributed by atoms with Crippen molar-refractivity contribution in [3.8, 4) is 11.5 Å². The molecular weight excluding hydrogens is 472 g/mol. The minimum Gasteiger partial charge on any atom is -0.493 e. The third kappa shape index (κ3) is 7.91. The molecule has 6 nitrogen and oxygen atoms in total. The van der Waals surface area contributed by atoms with Crippen molar-refractivity contribution in [3.05, 3.63) is 46.2 Å². The SMILES string of the molecule is COc1ccc(CCN(Cc2cccs2)C(=O)CN(CC(C)C)C(=O)C(C)(C)CCl)cc1OC. The van der Waals surface area contributed by atoms with E-state index < -0.39 is 5.41 Å². The molecule has 0 saturated heterocycles. The topological polar surface area (TPSA) is 59.1 Å². The summed E-state index contributed by atoms with van der Waals surface area (Å²) in [6, 6.07) is 9.79. The van der Waals surface area contributed by atoms with Crippen LogP contribution in [0.5, 0.6) is 11.5 Å². The van der Waals surface area contributed by atoms with Gasteiger partial charge in [0.15, 0.2) is 11.5 Å². The van der Waals surface area contributed by atoms with Crippen LogP contribution < -0.4 is 9.47 Å². The van der Waals surface area contributed by atoms with Crippen molar-refractivity contribution >= 4 is 34.8 Å². The summed E-state index contributed by atoms with van der Waals surface area (Å²) in [7, 11) is 3.21. The number of ether oxygens (including phenoxy) is 2. The Bertz CT molecular complexity index is 931. The highest BCUT2D eigenvalue weighted by Gasteiger charge is 2.33. The number of hydrogen-bond donors (Lipinski definition) is 0. The Morgan fingerprint density at radius 1 is 1.09 bits per heavy atom. The van der Waals surface area contributed by atoms with Gasteiger partial charge in [0.2, 0.25) is 11.8 Å². The molecule has 1 aromatic carbocycles. The number of nitrogens with zero attached hydrogens (tertiary/aromatic N) is 2. The number of carbonyl (C=O) groups excluding carboxylic acids is 2. The minimum atomic E-state index is -0.727. The van der Waals surface area contributed by atoms with E-state index in [4.69, 9.17) is 21.1 Å². The summed E-state index contributed by atoms with van der Waals surface area (Å²) in [5, 5.41) is 2.00. The van der Waals surface area contributed by atoms with E-state index in [1.165, 1.54) is 0 Å². The zero-order chi connectivity index (χ0) is 25.3. The molecule has 0 spiro atoms. The van der Waals surface area contributed by atoms with Crippen LogP contribution in [0.15, 0.2) is 35.7 Å². The molecule has 0 atom stereocenters. The first-order valence-electron chi connectivity index (χ1n) is 11.5. The molecule has 1 aromatic heterocycles. The summed E-state index contributed by atoms with van der Waals surface area (Å²) in [6.45, 7) is 9.29. The van der Waals surface area contributed by atoms with Crippen LogP contribution in [0.1, 0.15) is 38.1 Å². The van der Waals surface area contributed by atoms with Gasteiger partial charge in [-0.05, 0) is 55.3 Å². The second kappa shape index (κ2) is 13.0. The van der Waals surface area contributed by atoms with Crippen LogP contribution in [0.4, 0.5) is 0 Å². The van der Waals surface area contributed by atoms with E-state index in [-0.39, 0.29) is 30.2 Å². The van der Waals surface area contributed by atoms with Crippen LogP contribution >= 0.6 is 22.9 Å². The summed E-state index contributed by atoms with van der Waals surface area (Å²) in [5.41, 5.74) is 0.314. The van der Waals surface area contributed by atoms with E-state index in [2.05, 4.69) is 0 Å². The molecular formula is C26H37ClN2O4S. The molecule has 0 fully saturated rings. The second-order valence-corrected chi connectivity index (χ2v) is 10.7. The third-order valence-electron chi connectivity index (χ3n) is 5.51. The van der Waals surface area contributed by atoms with E-state index in [1.807, 2.05) is 68.3 Å². The lowest BCUT2D eigenvalue weighted by Gasteiger charge is -2.33. The highest BCUT2D eigenvalue weighted by atomic mass is 35.5. The lowest BCUT2D eigenvalue weighted by Crippen LogP contribution is -2.49. The van der Waals surface area contributed by atoms with Crippen LogP contribution in [0.25, 0.3) is 0 Å². The first-order valence-corrected chi connectivity index (χ1v) is 12.9. The van der Waals surface area contributed by atoms with Crippen LogP contribution in [0.2, 0.25) is 0 Å². The highest BCUT2D eigenvalue weighted by Crippen LogP contribution is 2.28. The zero-order valence-electron chi connectivity index (χ0n) is 21.1. The number of carbonyl (C=O) groups is 2. The Balaban J connectivity index is 2.21.